The second-order valence-electron chi connectivity index (χ2n) is 5.54. The van der Waals surface area contributed by atoms with Crippen LogP contribution in [0.4, 0.5) is 0 Å². The summed E-state index contributed by atoms with van der Waals surface area (Å²) in [6.07, 6.45) is 0. The summed E-state index contributed by atoms with van der Waals surface area (Å²) in [5.41, 5.74) is 0. The summed E-state index contributed by atoms with van der Waals surface area (Å²) in [5.74, 6) is -0.682. The van der Waals surface area contributed by atoms with Crippen molar-refractivity contribution < 1.29 is 23.8 Å². The third kappa shape index (κ3) is 4.86. The molecular weight excluding hydrogens is 378 g/mol. The van der Waals surface area contributed by atoms with Gasteiger partial charge in [-0.05, 0) is 42.3 Å². The highest BCUT2D eigenvalue weighted by molar-refractivity contribution is 9.10. The van der Waals surface area contributed by atoms with E-state index in [-0.39, 0.29) is 18.3 Å². The van der Waals surface area contributed by atoms with Crippen molar-refractivity contribution in [2.45, 2.75) is 26.5 Å². The van der Waals surface area contributed by atoms with E-state index >= 15 is 0 Å². The molecule has 24 heavy (non-hydrogen) atoms. The first-order valence-electron chi connectivity index (χ1n) is 7.37. The molecule has 2 aromatic rings. The molecule has 0 aliphatic carbocycles. The van der Waals surface area contributed by atoms with Gasteiger partial charge in [0, 0.05) is 4.47 Å². The maximum absolute atomic E-state index is 12.1. The maximum Gasteiger partial charge on any atom is 0.326 e. The molecule has 1 aromatic carbocycles. The summed E-state index contributed by atoms with van der Waals surface area (Å²) in [5, 5.41) is 11.6. The minimum Gasteiger partial charge on any atom is -0.486 e. The van der Waals surface area contributed by atoms with Crippen LogP contribution in [0, 0.1) is 5.92 Å². The number of halogens is 1. The lowest BCUT2D eigenvalue weighted by Gasteiger charge is -2.16. The van der Waals surface area contributed by atoms with Crippen LogP contribution in [-0.4, -0.2) is 23.0 Å². The number of aliphatic carboxylic acids is 1. The standard InChI is InChI=1S/C17H18BrNO5/c1-10(2)15(17(21)22)19-16(20)14-8-7-13(24-14)9-23-12-5-3-11(18)4-6-12/h3-8,10,15H,9H2,1-2H3,(H,19,20)(H,21,22)/t15-/m1/s1. The van der Waals surface area contributed by atoms with Gasteiger partial charge in [-0.2, -0.15) is 0 Å². The first-order valence-corrected chi connectivity index (χ1v) is 8.17. The van der Waals surface area contributed by atoms with Gasteiger partial charge < -0.3 is 19.6 Å². The van der Waals surface area contributed by atoms with Gasteiger partial charge in [-0.3, -0.25) is 4.79 Å². The van der Waals surface area contributed by atoms with E-state index < -0.39 is 17.9 Å². The summed E-state index contributed by atoms with van der Waals surface area (Å²) in [6.45, 7) is 3.61. The van der Waals surface area contributed by atoms with E-state index in [2.05, 4.69) is 21.2 Å². The quantitative estimate of drug-likeness (QED) is 0.749. The van der Waals surface area contributed by atoms with Gasteiger partial charge in [0.25, 0.3) is 5.91 Å². The molecule has 0 radical (unpaired) electrons. The van der Waals surface area contributed by atoms with E-state index in [9.17, 15) is 9.59 Å². The van der Waals surface area contributed by atoms with Crippen molar-refractivity contribution in [1.82, 2.24) is 5.32 Å². The number of amides is 1. The van der Waals surface area contributed by atoms with Gasteiger partial charge in [0.1, 0.15) is 24.2 Å². The number of carboxylic acid groups (broad SMARTS) is 1. The van der Waals surface area contributed by atoms with Gasteiger partial charge in [0.15, 0.2) is 5.76 Å². The summed E-state index contributed by atoms with van der Waals surface area (Å²) < 4.78 is 11.9. The number of furan rings is 1. The van der Waals surface area contributed by atoms with Crippen LogP contribution in [0.15, 0.2) is 45.3 Å². The molecular formula is C17H18BrNO5. The van der Waals surface area contributed by atoms with Gasteiger partial charge in [-0.1, -0.05) is 29.8 Å². The second-order valence-corrected chi connectivity index (χ2v) is 6.46. The van der Waals surface area contributed by atoms with Gasteiger partial charge in [0.2, 0.25) is 0 Å². The summed E-state index contributed by atoms with van der Waals surface area (Å²) in [4.78, 5) is 23.2. The Kier molecular flexibility index (Phi) is 6.03. The highest BCUT2D eigenvalue weighted by atomic mass is 79.9. The van der Waals surface area contributed by atoms with Crippen molar-refractivity contribution in [1.29, 1.82) is 0 Å². The van der Waals surface area contributed by atoms with Gasteiger partial charge >= 0.3 is 5.97 Å². The molecule has 2 N–H and O–H groups in total. The Bertz CT molecular complexity index is 708. The Morgan fingerprint density at radius 1 is 1.21 bits per heavy atom. The third-order valence-corrected chi connectivity index (χ3v) is 3.83. The third-order valence-electron chi connectivity index (χ3n) is 3.30. The van der Waals surface area contributed by atoms with Crippen LogP contribution in [0.1, 0.15) is 30.2 Å². The fourth-order valence-electron chi connectivity index (χ4n) is 1.99. The zero-order valence-corrected chi connectivity index (χ0v) is 14.9. The molecule has 128 valence electrons. The molecule has 1 atom stereocenters. The SMILES string of the molecule is CC(C)[C@@H](NC(=O)c1ccc(COc2ccc(Br)cc2)o1)C(=O)O. The number of ether oxygens (including phenoxy) is 1. The smallest absolute Gasteiger partial charge is 0.326 e. The topological polar surface area (TPSA) is 88.8 Å². The molecule has 2 rings (SSSR count). The van der Waals surface area contributed by atoms with Gasteiger partial charge in [0.05, 0.1) is 0 Å². The van der Waals surface area contributed by atoms with Crippen LogP contribution in [0.3, 0.4) is 0 Å². The lowest BCUT2D eigenvalue weighted by atomic mass is 10.0. The molecule has 0 aliphatic heterocycles. The van der Waals surface area contributed by atoms with E-state index in [4.69, 9.17) is 14.3 Å². The van der Waals surface area contributed by atoms with Crippen LogP contribution >= 0.6 is 15.9 Å². The molecule has 0 saturated carbocycles. The first-order chi connectivity index (χ1) is 11.4. The Morgan fingerprint density at radius 3 is 2.46 bits per heavy atom. The fraction of sp³-hybridized carbons (Fsp3) is 0.294. The van der Waals surface area contributed by atoms with Crippen LogP contribution in [0.5, 0.6) is 5.75 Å². The normalized spacial score (nSPS) is 12.0. The molecule has 6 nitrogen and oxygen atoms in total. The summed E-state index contributed by atoms with van der Waals surface area (Å²) in [7, 11) is 0. The largest absolute Gasteiger partial charge is 0.486 e. The molecule has 1 aromatic heterocycles. The number of carbonyl (C=O) groups is 2. The average Bonchev–Trinajstić information content (AvgIpc) is 3.00. The van der Waals surface area contributed by atoms with Crippen molar-refractivity contribution in [3.63, 3.8) is 0 Å². The predicted octanol–water partition coefficient (Wildman–Crippen LogP) is 3.46. The predicted molar refractivity (Wildman–Crippen MR) is 90.9 cm³/mol. The molecule has 1 amide bonds. The van der Waals surface area contributed by atoms with Crippen molar-refractivity contribution in [2.24, 2.45) is 5.92 Å². The van der Waals surface area contributed by atoms with Crippen molar-refractivity contribution in [2.75, 3.05) is 0 Å². The second kappa shape index (κ2) is 8.01. The molecule has 0 fully saturated rings. The molecule has 0 spiro atoms. The molecule has 0 bridgehead atoms. The van der Waals surface area contributed by atoms with Crippen LogP contribution < -0.4 is 10.1 Å². The molecule has 1 heterocycles. The molecule has 0 saturated heterocycles. The van der Waals surface area contributed by atoms with E-state index in [1.807, 2.05) is 12.1 Å². The minimum absolute atomic E-state index is 0.0521. The summed E-state index contributed by atoms with van der Waals surface area (Å²) >= 11 is 3.34. The first kappa shape index (κ1) is 18.1. The van der Waals surface area contributed by atoms with E-state index in [0.717, 1.165) is 4.47 Å². The highest BCUT2D eigenvalue weighted by Gasteiger charge is 2.25. The lowest BCUT2D eigenvalue weighted by molar-refractivity contribution is -0.140. The van der Waals surface area contributed by atoms with E-state index in [0.29, 0.717) is 11.5 Å². The Hall–Kier alpha value is -2.28. The number of hydrogen-bond acceptors (Lipinski definition) is 4. The number of benzene rings is 1. The zero-order valence-electron chi connectivity index (χ0n) is 13.3. The van der Waals surface area contributed by atoms with Crippen LogP contribution in [0.2, 0.25) is 0 Å². The fourth-order valence-corrected chi connectivity index (χ4v) is 2.25. The zero-order chi connectivity index (χ0) is 17.7. The number of nitrogens with one attached hydrogen (secondary N) is 1. The number of hydrogen-bond donors (Lipinski definition) is 2. The molecule has 7 heteroatoms. The molecule has 0 aliphatic rings. The van der Waals surface area contributed by atoms with Gasteiger partial charge in [-0.25, -0.2) is 4.79 Å². The van der Waals surface area contributed by atoms with Crippen LogP contribution in [0.25, 0.3) is 0 Å². The Morgan fingerprint density at radius 2 is 1.88 bits per heavy atom. The minimum atomic E-state index is -1.08. The van der Waals surface area contributed by atoms with Gasteiger partial charge in [-0.15, -0.1) is 0 Å². The highest BCUT2D eigenvalue weighted by Crippen LogP contribution is 2.18. The number of rotatable bonds is 7. The Balaban J connectivity index is 1.95. The average molecular weight is 396 g/mol. The van der Waals surface area contributed by atoms with E-state index in [1.54, 1.807) is 32.0 Å². The van der Waals surface area contributed by atoms with Crippen LogP contribution in [-0.2, 0) is 11.4 Å². The van der Waals surface area contributed by atoms with Crippen molar-refractivity contribution >= 4 is 27.8 Å². The Labute approximate surface area is 147 Å². The van der Waals surface area contributed by atoms with Crippen molar-refractivity contribution in [3.05, 3.63) is 52.4 Å². The monoisotopic (exact) mass is 395 g/mol. The molecule has 0 unspecified atom stereocenters. The number of carboxylic acids is 1. The van der Waals surface area contributed by atoms with E-state index in [1.165, 1.54) is 6.07 Å². The summed E-state index contributed by atoms with van der Waals surface area (Å²) in [6, 6.07) is 9.47. The lowest BCUT2D eigenvalue weighted by Crippen LogP contribution is -2.44. The number of carbonyl (C=O) groups excluding carboxylic acids is 1. The maximum atomic E-state index is 12.1. The van der Waals surface area contributed by atoms with Crippen molar-refractivity contribution in [3.8, 4) is 5.75 Å².